The molecule has 1 aromatic heterocycles. The summed E-state index contributed by atoms with van der Waals surface area (Å²) in [5, 5.41) is 0.713. The van der Waals surface area contributed by atoms with Crippen molar-refractivity contribution in [2.75, 3.05) is 44.5 Å². The number of carbonyl (C=O) groups excluding carboxylic acids is 1. The first kappa shape index (κ1) is 23.7. The number of carbonyl (C=O) groups is 1. The highest BCUT2D eigenvalue weighted by Crippen LogP contribution is 2.42. The molecule has 0 bridgehead atoms. The monoisotopic (exact) mass is 465 g/mol. The molecule has 1 aliphatic heterocycles. The highest BCUT2D eigenvalue weighted by atomic mass is 32.2. The van der Waals surface area contributed by atoms with Gasteiger partial charge in [0.2, 0.25) is 0 Å². The Morgan fingerprint density at radius 2 is 2.10 bits per heavy atom. The second-order valence-electron chi connectivity index (χ2n) is 7.78. The molecule has 0 spiro atoms. The number of thioether (sulfide) groups is 1. The third kappa shape index (κ3) is 5.64. The number of ether oxygens (including phenoxy) is 2. The van der Waals surface area contributed by atoms with Crippen LogP contribution in [0.1, 0.15) is 20.8 Å². The Morgan fingerprint density at radius 3 is 2.77 bits per heavy atom. The van der Waals surface area contributed by atoms with Gasteiger partial charge in [-0.1, -0.05) is 6.07 Å². The molecule has 0 unspecified atom stereocenters. The molecule has 6 nitrogen and oxygen atoms in total. The van der Waals surface area contributed by atoms with E-state index >= 15 is 0 Å². The lowest BCUT2D eigenvalue weighted by atomic mass is 9.95. The van der Waals surface area contributed by atoms with E-state index in [0.717, 1.165) is 22.9 Å². The number of hydrogen-bond acceptors (Lipinski definition) is 8. The molecule has 0 saturated heterocycles. The number of rotatable bonds is 7. The fourth-order valence-corrected chi connectivity index (χ4v) is 4.46. The third-order valence-corrected chi connectivity index (χ3v) is 6.45. The summed E-state index contributed by atoms with van der Waals surface area (Å²) in [7, 11) is 2.01. The van der Waals surface area contributed by atoms with E-state index in [0.29, 0.717) is 23.9 Å². The van der Waals surface area contributed by atoms with Gasteiger partial charge in [0.05, 0.1) is 16.9 Å². The Bertz CT molecular complexity index is 942. The molecule has 0 fully saturated rings. The van der Waals surface area contributed by atoms with Gasteiger partial charge in [0.15, 0.2) is 5.75 Å². The smallest absolute Gasteiger partial charge is 0.314 e. The summed E-state index contributed by atoms with van der Waals surface area (Å²) in [6.45, 7) is 7.35. The minimum absolute atomic E-state index is 0.175. The Morgan fingerprint density at radius 1 is 1.32 bits per heavy atom. The number of esters is 1. The second-order valence-corrected chi connectivity index (χ2v) is 9.83. The Labute approximate surface area is 191 Å². The highest BCUT2D eigenvalue weighted by molar-refractivity contribution is 7.98. The first-order valence-corrected chi connectivity index (χ1v) is 12.1. The number of nitrogens with zero attached hydrogens (tertiary/aromatic N) is 3. The van der Waals surface area contributed by atoms with Crippen LogP contribution in [0.15, 0.2) is 40.3 Å². The molecular weight excluding hydrogens is 437 g/mol. The lowest BCUT2D eigenvalue weighted by Gasteiger charge is -2.26. The molecule has 2 aromatic rings. The average molecular weight is 466 g/mol. The zero-order chi connectivity index (χ0) is 22.6. The fourth-order valence-electron chi connectivity index (χ4n) is 3.06. The van der Waals surface area contributed by atoms with Crippen molar-refractivity contribution < 1.29 is 18.7 Å². The Kier molecular flexibility index (Phi) is 7.72. The van der Waals surface area contributed by atoms with Crippen LogP contribution in [-0.4, -0.2) is 54.9 Å². The summed E-state index contributed by atoms with van der Waals surface area (Å²) in [4.78, 5) is 20.0. The van der Waals surface area contributed by atoms with Crippen LogP contribution >= 0.6 is 23.7 Å². The van der Waals surface area contributed by atoms with Gasteiger partial charge in [-0.2, -0.15) is 0 Å². The molecule has 0 radical (unpaired) electrons. The van der Waals surface area contributed by atoms with Gasteiger partial charge < -0.3 is 14.4 Å². The number of hydrogen-bond donors (Lipinski definition) is 0. The van der Waals surface area contributed by atoms with Crippen LogP contribution in [0.25, 0.3) is 0 Å². The summed E-state index contributed by atoms with van der Waals surface area (Å²) in [6, 6.07) is 8.50. The number of benzene rings is 1. The number of likely N-dealkylation sites (N-methyl/N-ethyl adjacent to an activating group) is 1. The zero-order valence-electron chi connectivity index (χ0n) is 18.5. The van der Waals surface area contributed by atoms with Gasteiger partial charge in [-0.3, -0.25) is 4.79 Å². The molecule has 0 aliphatic carbocycles. The highest BCUT2D eigenvalue weighted by Gasteiger charge is 2.31. The average Bonchev–Trinajstić information content (AvgIpc) is 2.89. The van der Waals surface area contributed by atoms with Crippen molar-refractivity contribution in [3.05, 3.63) is 36.1 Å². The van der Waals surface area contributed by atoms with E-state index in [9.17, 15) is 9.18 Å². The number of halogens is 1. The molecular formula is C22H28FN3O3S2. The number of fused-ring (bicyclic) bond motifs is 1. The van der Waals surface area contributed by atoms with Crippen molar-refractivity contribution in [1.29, 1.82) is 0 Å². The van der Waals surface area contributed by atoms with Crippen molar-refractivity contribution in [2.24, 2.45) is 5.41 Å². The summed E-state index contributed by atoms with van der Waals surface area (Å²) in [5.74, 6) is 0.803. The molecule has 9 heteroatoms. The quantitative estimate of drug-likeness (QED) is 0.322. The largest absolute Gasteiger partial charge is 0.490 e. The predicted octanol–water partition coefficient (Wildman–Crippen LogP) is 5.00. The van der Waals surface area contributed by atoms with Crippen molar-refractivity contribution in [3.63, 3.8) is 0 Å². The van der Waals surface area contributed by atoms with Crippen molar-refractivity contribution in [1.82, 2.24) is 9.29 Å². The van der Waals surface area contributed by atoms with Crippen LogP contribution in [0.4, 0.5) is 15.9 Å². The first-order valence-electron chi connectivity index (χ1n) is 10.1. The van der Waals surface area contributed by atoms with Crippen molar-refractivity contribution in [3.8, 4) is 5.75 Å². The van der Waals surface area contributed by atoms with Gasteiger partial charge in [0, 0.05) is 24.8 Å². The van der Waals surface area contributed by atoms with E-state index in [1.807, 2.05) is 30.3 Å². The van der Waals surface area contributed by atoms with Gasteiger partial charge in [-0.15, -0.1) is 11.8 Å². The molecule has 168 valence electrons. The summed E-state index contributed by atoms with van der Waals surface area (Å²) < 4.78 is 27.2. The minimum atomic E-state index is -0.782. The van der Waals surface area contributed by atoms with E-state index < -0.39 is 5.41 Å². The van der Waals surface area contributed by atoms with Crippen LogP contribution in [0.3, 0.4) is 0 Å². The van der Waals surface area contributed by atoms with Crippen molar-refractivity contribution in [2.45, 2.75) is 30.7 Å². The standard InChI is InChI=1S/C22H28FN3O3S2/c1-6-28-21(27)22(2,3)14-29-17-13-18-19(24-20(17)30-5)26(11-10-25(4)31-18)16-9-7-8-15(23)12-16/h7-9,12-13H,6,10-11,14H2,1-5H3. The van der Waals surface area contributed by atoms with Gasteiger partial charge in [0.25, 0.3) is 0 Å². The maximum Gasteiger partial charge on any atom is 0.314 e. The van der Waals surface area contributed by atoms with Crippen LogP contribution in [-0.2, 0) is 9.53 Å². The molecule has 0 atom stereocenters. The lowest BCUT2D eigenvalue weighted by Crippen LogP contribution is -2.33. The number of pyridine rings is 1. The summed E-state index contributed by atoms with van der Waals surface area (Å²) in [6.07, 6.45) is 1.93. The van der Waals surface area contributed by atoms with E-state index in [-0.39, 0.29) is 18.4 Å². The molecule has 31 heavy (non-hydrogen) atoms. The van der Waals surface area contributed by atoms with E-state index in [4.69, 9.17) is 14.5 Å². The fraction of sp³-hybridized carbons (Fsp3) is 0.455. The minimum Gasteiger partial charge on any atom is -0.490 e. The Balaban J connectivity index is 1.95. The predicted molar refractivity (Wildman–Crippen MR) is 124 cm³/mol. The zero-order valence-corrected chi connectivity index (χ0v) is 20.1. The summed E-state index contributed by atoms with van der Waals surface area (Å²) in [5.41, 5.74) is -0.0236. The molecule has 0 N–H and O–H groups in total. The van der Waals surface area contributed by atoms with Crippen LogP contribution < -0.4 is 9.64 Å². The van der Waals surface area contributed by atoms with Crippen molar-refractivity contribution >= 4 is 41.2 Å². The summed E-state index contributed by atoms with van der Waals surface area (Å²) >= 11 is 3.04. The Hall–Kier alpha value is -1.97. The maximum atomic E-state index is 13.9. The second kappa shape index (κ2) is 10.1. The topological polar surface area (TPSA) is 54.9 Å². The lowest BCUT2D eigenvalue weighted by molar-refractivity contribution is -0.155. The first-order chi connectivity index (χ1) is 14.7. The van der Waals surface area contributed by atoms with Gasteiger partial charge in [-0.05, 0) is 64.2 Å². The van der Waals surface area contributed by atoms with E-state index in [1.165, 1.54) is 23.9 Å². The van der Waals surface area contributed by atoms with Crippen LogP contribution in [0.5, 0.6) is 5.75 Å². The molecule has 2 heterocycles. The van der Waals surface area contributed by atoms with Gasteiger partial charge in [0.1, 0.15) is 23.3 Å². The molecule has 1 aromatic carbocycles. The van der Waals surface area contributed by atoms with Gasteiger partial charge in [-0.25, -0.2) is 13.7 Å². The number of aromatic nitrogens is 1. The third-order valence-electron chi connectivity index (χ3n) is 4.78. The SMILES string of the molecule is CCOC(=O)C(C)(C)COc1cc2c(nc1SC)N(c1cccc(F)c1)CCN(C)S2. The molecule has 1 aliphatic rings. The van der Waals surface area contributed by atoms with E-state index in [1.54, 1.807) is 38.8 Å². The normalized spacial score (nSPS) is 14.7. The number of anilines is 2. The van der Waals surface area contributed by atoms with Crippen LogP contribution in [0, 0.1) is 11.2 Å². The van der Waals surface area contributed by atoms with Gasteiger partial charge >= 0.3 is 5.97 Å². The molecule has 0 saturated carbocycles. The molecule has 0 amide bonds. The molecule has 3 rings (SSSR count). The van der Waals surface area contributed by atoms with E-state index in [2.05, 4.69) is 4.31 Å². The maximum absolute atomic E-state index is 13.9. The van der Waals surface area contributed by atoms with Crippen LogP contribution in [0.2, 0.25) is 0 Å².